The number of thiazole rings is 1. The molecule has 5 nitrogen and oxygen atoms in total. The Morgan fingerprint density at radius 3 is 2.94 bits per heavy atom. The van der Waals surface area contributed by atoms with Crippen molar-refractivity contribution in [3.05, 3.63) is 23.8 Å². The Morgan fingerprint density at radius 1 is 1.47 bits per heavy atom. The quantitative estimate of drug-likeness (QED) is 0.636. The Morgan fingerprint density at radius 2 is 2.24 bits per heavy atom. The zero-order chi connectivity index (χ0) is 12.4. The van der Waals surface area contributed by atoms with Gasteiger partial charge in [0.1, 0.15) is 6.10 Å². The second kappa shape index (κ2) is 4.97. The van der Waals surface area contributed by atoms with Crippen LogP contribution in [-0.4, -0.2) is 34.9 Å². The van der Waals surface area contributed by atoms with E-state index in [1.807, 2.05) is 12.1 Å². The van der Waals surface area contributed by atoms with Gasteiger partial charge in [-0.2, -0.15) is 0 Å². The largest absolute Gasteiger partial charge is 0.389 e. The van der Waals surface area contributed by atoms with Crippen molar-refractivity contribution in [3.8, 4) is 0 Å². The molecule has 0 aliphatic heterocycles. The van der Waals surface area contributed by atoms with Crippen LogP contribution in [0.3, 0.4) is 0 Å². The Bertz CT molecular complexity index is 514. The molecule has 1 aromatic carbocycles. The molecule has 0 aliphatic carbocycles. The minimum atomic E-state index is -0.965. The van der Waals surface area contributed by atoms with Gasteiger partial charge in [0.25, 0.3) is 0 Å². The smallest absolute Gasteiger partial charge is 0.181 e. The van der Waals surface area contributed by atoms with Crippen LogP contribution in [0, 0.1) is 0 Å². The number of hydrogen-bond donors (Lipinski definition) is 4. The van der Waals surface area contributed by atoms with Gasteiger partial charge in [0.2, 0.25) is 0 Å². The molecular formula is C11H15N3O2S. The van der Waals surface area contributed by atoms with Crippen LogP contribution in [0.2, 0.25) is 0 Å². The molecule has 6 heteroatoms. The van der Waals surface area contributed by atoms with E-state index in [4.69, 9.17) is 5.73 Å². The summed E-state index contributed by atoms with van der Waals surface area (Å²) in [4.78, 5) is 4.18. The van der Waals surface area contributed by atoms with Gasteiger partial charge in [-0.15, -0.1) is 0 Å². The second-order valence-corrected chi connectivity index (χ2v) is 4.88. The first-order chi connectivity index (χ1) is 8.13. The fourth-order valence-electron chi connectivity index (χ4n) is 1.75. The Kier molecular flexibility index (Phi) is 3.58. The third-order valence-corrected chi connectivity index (χ3v) is 3.41. The van der Waals surface area contributed by atoms with Crippen molar-refractivity contribution in [3.63, 3.8) is 0 Å². The highest BCUT2D eigenvalue weighted by atomic mass is 32.1. The van der Waals surface area contributed by atoms with Gasteiger partial charge in [-0.05, 0) is 13.1 Å². The van der Waals surface area contributed by atoms with Gasteiger partial charge in [0.15, 0.2) is 5.13 Å². The Hall–Kier alpha value is -1.21. The zero-order valence-electron chi connectivity index (χ0n) is 9.42. The van der Waals surface area contributed by atoms with Crippen molar-refractivity contribution in [1.82, 2.24) is 10.3 Å². The molecule has 0 bridgehead atoms. The van der Waals surface area contributed by atoms with Gasteiger partial charge in [-0.25, -0.2) is 4.98 Å². The lowest BCUT2D eigenvalue weighted by atomic mass is 10.0. The predicted octanol–water partition coefficient (Wildman–Crippen LogP) is 0.492. The first-order valence-corrected chi connectivity index (χ1v) is 6.10. The highest BCUT2D eigenvalue weighted by Crippen LogP contribution is 2.30. The van der Waals surface area contributed by atoms with Crippen molar-refractivity contribution >= 4 is 26.7 Å². The molecule has 2 rings (SSSR count). The summed E-state index contributed by atoms with van der Waals surface area (Å²) in [7, 11) is 1.72. The number of rotatable bonds is 4. The van der Waals surface area contributed by atoms with Crippen molar-refractivity contribution in [1.29, 1.82) is 0 Å². The van der Waals surface area contributed by atoms with E-state index in [-0.39, 0.29) is 0 Å². The maximum atomic E-state index is 10.1. The number of para-hydroxylation sites is 1. The zero-order valence-corrected chi connectivity index (χ0v) is 10.2. The summed E-state index contributed by atoms with van der Waals surface area (Å²) in [5, 5.41) is 23.1. The van der Waals surface area contributed by atoms with E-state index in [0.717, 1.165) is 4.70 Å². The average Bonchev–Trinajstić information content (AvgIpc) is 2.68. The maximum absolute atomic E-state index is 10.1. The number of fused-ring (bicyclic) bond motifs is 1. The maximum Gasteiger partial charge on any atom is 0.181 e. The van der Waals surface area contributed by atoms with E-state index < -0.39 is 12.2 Å². The molecule has 92 valence electrons. The van der Waals surface area contributed by atoms with Crippen LogP contribution >= 0.6 is 11.3 Å². The van der Waals surface area contributed by atoms with Crippen LogP contribution < -0.4 is 11.1 Å². The molecule has 17 heavy (non-hydrogen) atoms. The monoisotopic (exact) mass is 253 g/mol. The molecule has 0 spiro atoms. The molecule has 1 heterocycles. The molecule has 2 aromatic rings. The summed E-state index contributed by atoms with van der Waals surface area (Å²) in [6.45, 7) is 0.317. The van der Waals surface area contributed by atoms with Crippen LogP contribution in [0.15, 0.2) is 18.2 Å². The number of likely N-dealkylation sites (N-methyl/N-ethyl adjacent to an activating group) is 1. The standard InChI is InChI=1S/C11H15N3O2S/c1-13-5-7(15)10(16)6-3-2-4-8-9(6)14-11(12)17-8/h2-4,7,10,13,15-16H,5H2,1H3,(H2,12,14). The topological polar surface area (TPSA) is 91.4 Å². The van der Waals surface area contributed by atoms with E-state index in [1.165, 1.54) is 11.3 Å². The van der Waals surface area contributed by atoms with Crippen LogP contribution in [0.1, 0.15) is 11.7 Å². The number of hydrogen-bond acceptors (Lipinski definition) is 6. The van der Waals surface area contributed by atoms with E-state index in [1.54, 1.807) is 13.1 Å². The Labute approximate surface area is 103 Å². The van der Waals surface area contributed by atoms with Gasteiger partial charge < -0.3 is 21.3 Å². The first-order valence-electron chi connectivity index (χ1n) is 5.29. The molecule has 0 amide bonds. The molecular weight excluding hydrogens is 238 g/mol. The van der Waals surface area contributed by atoms with E-state index >= 15 is 0 Å². The van der Waals surface area contributed by atoms with Gasteiger partial charge in [-0.1, -0.05) is 23.5 Å². The average molecular weight is 253 g/mol. The minimum Gasteiger partial charge on any atom is -0.389 e. The van der Waals surface area contributed by atoms with Crippen molar-refractivity contribution in [2.75, 3.05) is 19.3 Å². The Balaban J connectivity index is 2.40. The van der Waals surface area contributed by atoms with Crippen molar-refractivity contribution < 1.29 is 10.2 Å². The molecule has 0 aliphatic rings. The van der Waals surface area contributed by atoms with Gasteiger partial charge in [0, 0.05) is 12.1 Å². The molecule has 0 fully saturated rings. The third kappa shape index (κ3) is 2.39. The summed E-state index contributed by atoms with van der Waals surface area (Å²) in [6.07, 6.45) is -1.83. The fraction of sp³-hybridized carbons (Fsp3) is 0.364. The number of nitrogens with zero attached hydrogens (tertiary/aromatic N) is 1. The van der Waals surface area contributed by atoms with Gasteiger partial charge in [-0.3, -0.25) is 0 Å². The number of nitrogens with one attached hydrogen (secondary N) is 1. The van der Waals surface area contributed by atoms with Crippen molar-refractivity contribution in [2.24, 2.45) is 0 Å². The second-order valence-electron chi connectivity index (χ2n) is 3.82. The molecule has 0 saturated carbocycles. The minimum absolute atomic E-state index is 0.317. The normalized spacial score (nSPS) is 15.0. The third-order valence-electron chi connectivity index (χ3n) is 2.56. The lowest BCUT2D eigenvalue weighted by Gasteiger charge is -2.17. The fourth-order valence-corrected chi connectivity index (χ4v) is 2.52. The van der Waals surface area contributed by atoms with E-state index in [9.17, 15) is 10.2 Å². The summed E-state index contributed by atoms with van der Waals surface area (Å²) >= 11 is 1.37. The van der Waals surface area contributed by atoms with Crippen LogP contribution in [0.5, 0.6) is 0 Å². The molecule has 0 radical (unpaired) electrons. The van der Waals surface area contributed by atoms with Crippen LogP contribution in [0.25, 0.3) is 10.2 Å². The summed E-state index contributed by atoms with van der Waals surface area (Å²) in [5.74, 6) is 0. The predicted molar refractivity (Wildman–Crippen MR) is 68.9 cm³/mol. The number of nitrogen functional groups attached to an aromatic ring is 1. The van der Waals surface area contributed by atoms with E-state index in [0.29, 0.717) is 22.8 Å². The molecule has 5 N–H and O–H groups in total. The summed E-state index contributed by atoms with van der Waals surface area (Å²) in [6, 6.07) is 5.47. The molecule has 0 saturated heterocycles. The van der Waals surface area contributed by atoms with Gasteiger partial charge >= 0.3 is 0 Å². The van der Waals surface area contributed by atoms with Crippen LogP contribution in [-0.2, 0) is 0 Å². The molecule has 2 unspecified atom stereocenters. The summed E-state index contributed by atoms with van der Waals surface area (Å²) < 4.78 is 0.913. The number of benzene rings is 1. The number of aromatic nitrogens is 1. The number of anilines is 1. The van der Waals surface area contributed by atoms with Crippen LogP contribution in [0.4, 0.5) is 5.13 Å². The first kappa shape index (κ1) is 12.3. The number of nitrogens with two attached hydrogens (primary N) is 1. The highest BCUT2D eigenvalue weighted by molar-refractivity contribution is 7.22. The lowest BCUT2D eigenvalue weighted by molar-refractivity contribution is 0.0210. The molecule has 1 aromatic heterocycles. The number of aliphatic hydroxyl groups is 2. The van der Waals surface area contributed by atoms with Crippen molar-refractivity contribution in [2.45, 2.75) is 12.2 Å². The van der Waals surface area contributed by atoms with Gasteiger partial charge in [0.05, 0.1) is 16.3 Å². The lowest BCUT2D eigenvalue weighted by Crippen LogP contribution is -2.29. The SMILES string of the molecule is CNCC(O)C(O)c1cccc2sc(N)nc12. The highest BCUT2D eigenvalue weighted by Gasteiger charge is 2.21. The summed E-state index contributed by atoms with van der Waals surface area (Å²) in [5.41, 5.74) is 6.92. The van der Waals surface area contributed by atoms with E-state index in [2.05, 4.69) is 10.3 Å². The molecule has 2 atom stereocenters. The number of aliphatic hydroxyl groups excluding tert-OH is 2.